The van der Waals surface area contributed by atoms with Gasteiger partial charge in [-0.3, -0.25) is 9.78 Å². The minimum Gasteiger partial charge on any atom is -0.481 e. The second kappa shape index (κ2) is 6.36. The lowest BCUT2D eigenvalue weighted by Gasteiger charge is -2.17. The largest absolute Gasteiger partial charge is 0.481 e. The van der Waals surface area contributed by atoms with Crippen LogP contribution in [0.3, 0.4) is 0 Å². The Labute approximate surface area is 117 Å². The number of amides is 2. The van der Waals surface area contributed by atoms with Crippen LogP contribution in [0.5, 0.6) is 0 Å². The second-order valence-corrected chi connectivity index (χ2v) is 4.93. The maximum Gasteiger partial charge on any atom is 0.317 e. The van der Waals surface area contributed by atoms with Crippen LogP contribution in [0.25, 0.3) is 0 Å². The number of aromatic nitrogens is 1. The minimum atomic E-state index is -0.831. The van der Waals surface area contributed by atoms with Gasteiger partial charge in [0.1, 0.15) is 0 Å². The van der Waals surface area contributed by atoms with Gasteiger partial charge >= 0.3 is 12.0 Å². The number of urea groups is 1. The van der Waals surface area contributed by atoms with Crippen molar-refractivity contribution in [3.05, 3.63) is 29.6 Å². The molecule has 1 atom stereocenters. The first-order chi connectivity index (χ1) is 9.61. The maximum absolute atomic E-state index is 12.0. The number of carbonyl (C=O) groups excluding carboxylic acids is 1. The van der Waals surface area contributed by atoms with Gasteiger partial charge in [0.15, 0.2) is 0 Å². The molecule has 2 amide bonds. The summed E-state index contributed by atoms with van der Waals surface area (Å²) in [6.45, 7) is 3.27. The third-order valence-corrected chi connectivity index (χ3v) is 3.64. The van der Waals surface area contributed by atoms with Gasteiger partial charge in [0.2, 0.25) is 0 Å². The van der Waals surface area contributed by atoms with Gasteiger partial charge in [-0.25, -0.2) is 4.79 Å². The van der Waals surface area contributed by atoms with Crippen LogP contribution in [-0.4, -0.2) is 40.1 Å². The van der Waals surface area contributed by atoms with Crippen molar-refractivity contribution >= 4 is 12.0 Å². The van der Waals surface area contributed by atoms with Crippen molar-refractivity contribution in [3.63, 3.8) is 0 Å². The van der Waals surface area contributed by atoms with Gasteiger partial charge < -0.3 is 15.3 Å². The molecule has 1 aliphatic heterocycles. The predicted molar refractivity (Wildman–Crippen MR) is 73.2 cm³/mol. The van der Waals surface area contributed by atoms with Crippen molar-refractivity contribution in [1.29, 1.82) is 0 Å². The van der Waals surface area contributed by atoms with Gasteiger partial charge in [0.05, 0.1) is 5.92 Å². The van der Waals surface area contributed by atoms with Gasteiger partial charge in [0.25, 0.3) is 0 Å². The summed E-state index contributed by atoms with van der Waals surface area (Å²) in [7, 11) is 0. The Morgan fingerprint density at radius 3 is 2.95 bits per heavy atom. The average Bonchev–Trinajstić information content (AvgIpc) is 2.95. The van der Waals surface area contributed by atoms with Crippen LogP contribution < -0.4 is 5.32 Å². The predicted octanol–water partition coefficient (Wildman–Crippen LogP) is 1.26. The third kappa shape index (κ3) is 3.26. The van der Waals surface area contributed by atoms with E-state index in [1.807, 2.05) is 13.0 Å². The van der Waals surface area contributed by atoms with E-state index < -0.39 is 11.9 Å². The number of aliphatic carboxylic acids is 1. The molecule has 6 nitrogen and oxygen atoms in total. The normalized spacial score (nSPS) is 18.1. The molecule has 108 valence electrons. The van der Waals surface area contributed by atoms with E-state index in [1.165, 1.54) is 0 Å². The molecular formula is C14H19N3O3. The molecule has 20 heavy (non-hydrogen) atoms. The molecular weight excluding hydrogens is 258 g/mol. The molecule has 0 spiro atoms. The summed E-state index contributed by atoms with van der Waals surface area (Å²) in [4.78, 5) is 28.5. The zero-order valence-electron chi connectivity index (χ0n) is 11.5. The zero-order valence-corrected chi connectivity index (χ0v) is 11.5. The van der Waals surface area contributed by atoms with Gasteiger partial charge in [-0.15, -0.1) is 0 Å². The van der Waals surface area contributed by atoms with E-state index in [2.05, 4.69) is 10.3 Å². The van der Waals surface area contributed by atoms with Crippen LogP contribution in [0.4, 0.5) is 4.79 Å². The lowest BCUT2D eigenvalue weighted by Crippen LogP contribution is -2.38. The van der Waals surface area contributed by atoms with Crippen molar-refractivity contribution in [2.45, 2.75) is 26.3 Å². The molecule has 2 rings (SSSR count). The fourth-order valence-electron chi connectivity index (χ4n) is 2.38. The van der Waals surface area contributed by atoms with Crippen LogP contribution in [0.15, 0.2) is 18.5 Å². The molecule has 0 radical (unpaired) electrons. The number of carboxylic acids is 1. The van der Waals surface area contributed by atoms with E-state index in [4.69, 9.17) is 5.11 Å². The number of nitrogens with zero attached hydrogens (tertiary/aromatic N) is 2. The summed E-state index contributed by atoms with van der Waals surface area (Å²) < 4.78 is 0. The molecule has 1 aromatic rings. The Morgan fingerprint density at radius 1 is 1.50 bits per heavy atom. The molecule has 1 fully saturated rings. The Kier molecular flexibility index (Phi) is 4.55. The molecule has 1 saturated heterocycles. The zero-order chi connectivity index (χ0) is 14.5. The lowest BCUT2D eigenvalue weighted by atomic mass is 10.1. The monoisotopic (exact) mass is 277 g/mol. The minimum absolute atomic E-state index is 0.201. The van der Waals surface area contributed by atoms with Crippen LogP contribution >= 0.6 is 0 Å². The fraction of sp³-hybridized carbons (Fsp3) is 0.500. The highest BCUT2D eigenvalue weighted by Crippen LogP contribution is 2.16. The molecule has 0 bridgehead atoms. The smallest absolute Gasteiger partial charge is 0.317 e. The van der Waals surface area contributed by atoms with Crippen LogP contribution in [0, 0.1) is 5.92 Å². The van der Waals surface area contributed by atoms with E-state index in [0.717, 1.165) is 17.5 Å². The summed E-state index contributed by atoms with van der Waals surface area (Å²) in [5.41, 5.74) is 2.16. The van der Waals surface area contributed by atoms with Crippen LogP contribution in [0.2, 0.25) is 0 Å². The van der Waals surface area contributed by atoms with Crippen molar-refractivity contribution in [2.75, 3.05) is 13.1 Å². The SMILES string of the molecule is CCc1cnccc1CNC(=O)N1CCC(C(=O)O)C1. The first-order valence-corrected chi connectivity index (χ1v) is 6.79. The summed E-state index contributed by atoms with van der Waals surface area (Å²) >= 11 is 0. The summed E-state index contributed by atoms with van der Waals surface area (Å²) in [5, 5.41) is 11.8. The Balaban J connectivity index is 1.88. The molecule has 2 heterocycles. The first-order valence-electron chi connectivity index (χ1n) is 6.79. The lowest BCUT2D eigenvalue weighted by molar-refractivity contribution is -0.141. The van der Waals surface area contributed by atoms with E-state index in [-0.39, 0.29) is 12.6 Å². The number of nitrogens with one attached hydrogen (secondary N) is 1. The van der Waals surface area contributed by atoms with E-state index in [0.29, 0.717) is 19.5 Å². The van der Waals surface area contributed by atoms with E-state index >= 15 is 0 Å². The molecule has 6 heteroatoms. The first kappa shape index (κ1) is 14.3. The molecule has 1 aliphatic rings. The number of pyridine rings is 1. The van der Waals surface area contributed by atoms with Gasteiger partial charge in [-0.05, 0) is 30.0 Å². The number of carbonyl (C=O) groups is 2. The summed E-state index contributed by atoms with van der Waals surface area (Å²) in [5.74, 6) is -1.27. The van der Waals surface area contributed by atoms with Crippen molar-refractivity contribution in [2.24, 2.45) is 5.92 Å². The van der Waals surface area contributed by atoms with E-state index in [9.17, 15) is 9.59 Å². The maximum atomic E-state index is 12.0. The van der Waals surface area contributed by atoms with E-state index in [1.54, 1.807) is 17.3 Å². The van der Waals surface area contributed by atoms with Crippen molar-refractivity contribution in [1.82, 2.24) is 15.2 Å². The molecule has 0 saturated carbocycles. The Hall–Kier alpha value is -2.11. The standard InChI is InChI=1S/C14H19N3O3/c1-2-10-7-15-5-3-11(10)8-16-14(20)17-6-4-12(9-17)13(18)19/h3,5,7,12H,2,4,6,8-9H2,1H3,(H,16,20)(H,18,19). The molecule has 1 unspecified atom stereocenters. The quantitative estimate of drug-likeness (QED) is 0.868. The highest BCUT2D eigenvalue weighted by Gasteiger charge is 2.30. The van der Waals surface area contributed by atoms with Crippen molar-refractivity contribution in [3.8, 4) is 0 Å². The second-order valence-electron chi connectivity index (χ2n) is 4.93. The number of aryl methyl sites for hydroxylation is 1. The van der Waals surface area contributed by atoms with Crippen LogP contribution in [-0.2, 0) is 17.8 Å². The van der Waals surface area contributed by atoms with Crippen LogP contribution in [0.1, 0.15) is 24.5 Å². The third-order valence-electron chi connectivity index (χ3n) is 3.64. The molecule has 1 aromatic heterocycles. The topological polar surface area (TPSA) is 82.5 Å². The number of carboxylic acid groups (broad SMARTS) is 1. The Morgan fingerprint density at radius 2 is 2.30 bits per heavy atom. The number of hydrogen-bond acceptors (Lipinski definition) is 3. The number of hydrogen-bond donors (Lipinski definition) is 2. The van der Waals surface area contributed by atoms with Gasteiger partial charge in [-0.2, -0.15) is 0 Å². The summed E-state index contributed by atoms with van der Waals surface area (Å²) in [6, 6.07) is 1.69. The molecule has 0 aromatic carbocycles. The number of rotatable bonds is 4. The molecule has 0 aliphatic carbocycles. The highest BCUT2D eigenvalue weighted by atomic mass is 16.4. The highest BCUT2D eigenvalue weighted by molar-refractivity contribution is 5.77. The van der Waals surface area contributed by atoms with Gasteiger partial charge in [-0.1, -0.05) is 6.92 Å². The number of likely N-dealkylation sites (tertiary alicyclic amines) is 1. The van der Waals surface area contributed by atoms with Gasteiger partial charge in [0, 0.05) is 32.0 Å². The summed E-state index contributed by atoms with van der Waals surface area (Å²) in [6.07, 6.45) is 4.90. The fourth-order valence-corrected chi connectivity index (χ4v) is 2.38. The molecule has 2 N–H and O–H groups in total. The average molecular weight is 277 g/mol. The Bertz CT molecular complexity index is 504. The van der Waals surface area contributed by atoms with Crippen molar-refractivity contribution < 1.29 is 14.7 Å².